The second-order valence-electron chi connectivity index (χ2n) is 13.3. The van der Waals surface area contributed by atoms with Crippen LogP contribution in [-0.4, -0.2) is 65.1 Å². The van der Waals surface area contributed by atoms with Crippen molar-refractivity contribution < 1.29 is 18.3 Å². The van der Waals surface area contributed by atoms with Crippen LogP contribution in [0.5, 0.6) is 0 Å². The summed E-state index contributed by atoms with van der Waals surface area (Å²) in [5.74, 6) is -0.488. The molecule has 0 spiro atoms. The molecule has 0 N–H and O–H groups in total. The van der Waals surface area contributed by atoms with Crippen LogP contribution in [0.2, 0.25) is 23.2 Å². The normalized spacial score (nSPS) is 18.9. The molecule has 2 aromatic heterocycles. The number of nitrogens with zero attached hydrogens (tertiary/aromatic N) is 4. The van der Waals surface area contributed by atoms with Gasteiger partial charge in [0, 0.05) is 24.6 Å². The van der Waals surface area contributed by atoms with Crippen molar-refractivity contribution in [3.8, 4) is 0 Å². The van der Waals surface area contributed by atoms with Crippen molar-refractivity contribution in [2.45, 2.75) is 102 Å². The fourth-order valence-electron chi connectivity index (χ4n) is 5.01. The minimum absolute atomic E-state index is 0.0187. The monoisotopic (exact) mass is 686 g/mol. The number of pyridine rings is 1. The summed E-state index contributed by atoms with van der Waals surface area (Å²) in [5, 5.41) is 7.36. The zero-order chi connectivity index (χ0) is 30.5. The van der Waals surface area contributed by atoms with Gasteiger partial charge in [-0.25, -0.2) is 14.2 Å². The average Bonchev–Trinajstić information content (AvgIpc) is 3.31. The van der Waals surface area contributed by atoms with Crippen molar-refractivity contribution in [3.05, 3.63) is 27.6 Å². The molecule has 1 aromatic carbocycles. The number of aromatic nitrogens is 3. The molecule has 1 amide bonds. The Morgan fingerprint density at radius 3 is 2.54 bits per heavy atom. The number of carbonyl (C=O) groups is 1. The first-order valence-electron chi connectivity index (χ1n) is 14.0. The molecule has 226 valence electrons. The Labute approximate surface area is 261 Å². The third-order valence-electron chi connectivity index (χ3n) is 8.21. The lowest BCUT2D eigenvalue weighted by Crippen LogP contribution is -2.49. The van der Waals surface area contributed by atoms with E-state index in [1.54, 1.807) is 12.3 Å². The van der Waals surface area contributed by atoms with E-state index < -0.39 is 19.7 Å². The highest BCUT2D eigenvalue weighted by molar-refractivity contribution is 9.10. The maximum Gasteiger partial charge on any atom is 0.410 e. The van der Waals surface area contributed by atoms with Gasteiger partial charge in [-0.05, 0) is 86.4 Å². The molecule has 1 saturated heterocycles. The maximum atomic E-state index is 15.3. The number of halogens is 3. The van der Waals surface area contributed by atoms with Gasteiger partial charge in [-0.2, -0.15) is 5.10 Å². The predicted octanol–water partition coefficient (Wildman–Crippen LogP) is 9.21. The van der Waals surface area contributed by atoms with Gasteiger partial charge in [0.2, 0.25) is 0 Å². The summed E-state index contributed by atoms with van der Waals surface area (Å²) in [7, 11) is -1.95. The molecule has 3 aromatic rings. The minimum atomic E-state index is -1.95. The van der Waals surface area contributed by atoms with Crippen molar-refractivity contribution in [1.29, 1.82) is 0 Å². The molecule has 0 unspecified atom stereocenters. The Morgan fingerprint density at radius 1 is 1.24 bits per heavy atom. The van der Waals surface area contributed by atoms with Gasteiger partial charge in [-0.15, -0.1) is 11.8 Å². The third kappa shape index (κ3) is 6.74. The van der Waals surface area contributed by atoms with E-state index >= 15 is 4.39 Å². The van der Waals surface area contributed by atoms with Crippen LogP contribution in [0.15, 0.2) is 21.8 Å². The number of rotatable bonds is 6. The van der Waals surface area contributed by atoms with Crippen LogP contribution < -0.4 is 0 Å². The van der Waals surface area contributed by atoms with Gasteiger partial charge in [0.15, 0.2) is 14.1 Å². The van der Waals surface area contributed by atoms with Crippen molar-refractivity contribution in [1.82, 2.24) is 19.7 Å². The zero-order valence-electron chi connectivity index (χ0n) is 25.4. The third-order valence-corrected chi connectivity index (χ3v) is 14.7. The molecule has 0 bridgehead atoms. The first-order chi connectivity index (χ1) is 18.9. The molecule has 1 fully saturated rings. The molecule has 0 radical (unpaired) electrons. The molecule has 4 rings (SSSR count). The molecule has 0 saturated carbocycles. The van der Waals surface area contributed by atoms with Crippen molar-refractivity contribution >= 4 is 75.5 Å². The second kappa shape index (κ2) is 11.9. The summed E-state index contributed by atoms with van der Waals surface area (Å²) >= 11 is 11.1. The van der Waals surface area contributed by atoms with Gasteiger partial charge in [-0.1, -0.05) is 32.4 Å². The van der Waals surface area contributed by atoms with Crippen LogP contribution in [0.1, 0.15) is 66.8 Å². The summed E-state index contributed by atoms with van der Waals surface area (Å²) in [6.45, 7) is 17.9. The summed E-state index contributed by atoms with van der Waals surface area (Å²) in [6.07, 6.45) is 5.45. The van der Waals surface area contributed by atoms with Gasteiger partial charge in [0.25, 0.3) is 0 Å². The SMILES string of the molecule is CSc1nc2c(F)c(Br)c(Cl)cc2c2c1cnn2[C@H]1CCN(C(=O)OC(C)(C)C)[C@H](CCO[Si](C)(C)C(C)(C)C)C1. The average molecular weight is 688 g/mol. The lowest BCUT2D eigenvalue weighted by Gasteiger charge is -2.41. The van der Waals surface area contributed by atoms with E-state index in [2.05, 4.69) is 54.8 Å². The number of carbonyl (C=O) groups excluding carboxylic acids is 1. The molecule has 41 heavy (non-hydrogen) atoms. The van der Waals surface area contributed by atoms with Crippen LogP contribution >= 0.6 is 39.3 Å². The lowest BCUT2D eigenvalue weighted by atomic mass is 9.95. The molecule has 12 heteroatoms. The van der Waals surface area contributed by atoms with E-state index in [-0.39, 0.29) is 38.2 Å². The Balaban J connectivity index is 1.71. The number of benzene rings is 1. The number of thioether (sulfide) groups is 1. The standard InChI is InChI=1S/C29H41BrClFN4O3SSi/c1-28(2,3)39-27(37)35-12-10-18(14-17(35)11-13-38-41(8,9)29(4,5)6)36-25-19-15-21(31)22(30)23(32)24(19)34-26(40-7)20(25)16-33-36/h15-18H,10-14H2,1-9H3/t17-,18+/m1/s1. The van der Waals surface area contributed by atoms with Gasteiger partial charge in [0.05, 0.1) is 32.6 Å². The van der Waals surface area contributed by atoms with Crippen LogP contribution in [-0.2, 0) is 9.16 Å². The summed E-state index contributed by atoms with van der Waals surface area (Å²) < 4.78 is 29.8. The fraction of sp³-hybridized carbons (Fsp3) is 0.621. The quantitative estimate of drug-likeness (QED) is 0.146. The van der Waals surface area contributed by atoms with E-state index in [4.69, 9.17) is 25.9 Å². The number of amides is 1. The van der Waals surface area contributed by atoms with E-state index in [0.717, 1.165) is 10.9 Å². The number of likely N-dealkylation sites (tertiary alicyclic amines) is 1. The van der Waals surface area contributed by atoms with Crippen LogP contribution in [0.3, 0.4) is 0 Å². The highest BCUT2D eigenvalue weighted by Crippen LogP contribution is 2.41. The van der Waals surface area contributed by atoms with Crippen LogP contribution in [0.4, 0.5) is 9.18 Å². The molecule has 0 aliphatic carbocycles. The molecular weight excluding hydrogens is 647 g/mol. The molecule has 3 heterocycles. The van der Waals surface area contributed by atoms with E-state index in [9.17, 15) is 4.79 Å². The van der Waals surface area contributed by atoms with Gasteiger partial charge >= 0.3 is 6.09 Å². The Hall–Kier alpha value is -1.40. The lowest BCUT2D eigenvalue weighted by molar-refractivity contribution is 0.00199. The Morgan fingerprint density at radius 2 is 1.93 bits per heavy atom. The number of fused-ring (bicyclic) bond motifs is 3. The first-order valence-corrected chi connectivity index (χ1v) is 19.3. The number of hydrogen-bond donors (Lipinski definition) is 0. The van der Waals surface area contributed by atoms with E-state index in [1.807, 2.05) is 36.6 Å². The minimum Gasteiger partial charge on any atom is -0.444 e. The smallest absolute Gasteiger partial charge is 0.410 e. The van der Waals surface area contributed by atoms with E-state index in [1.165, 1.54) is 11.8 Å². The topological polar surface area (TPSA) is 69.5 Å². The molecular formula is C29H41BrClFN4O3SSi. The Bertz CT molecular complexity index is 1460. The second-order valence-corrected chi connectivity index (χ2v) is 20.1. The predicted molar refractivity (Wildman–Crippen MR) is 172 cm³/mol. The van der Waals surface area contributed by atoms with Gasteiger partial charge in [-0.3, -0.25) is 4.68 Å². The van der Waals surface area contributed by atoms with E-state index in [0.29, 0.717) is 42.8 Å². The Kier molecular flexibility index (Phi) is 9.47. The van der Waals surface area contributed by atoms with Crippen LogP contribution in [0.25, 0.3) is 21.8 Å². The fourth-order valence-corrected chi connectivity index (χ4v) is 7.12. The summed E-state index contributed by atoms with van der Waals surface area (Å²) in [4.78, 5) is 19.8. The highest BCUT2D eigenvalue weighted by atomic mass is 79.9. The summed E-state index contributed by atoms with van der Waals surface area (Å²) in [5.41, 5.74) is 0.469. The van der Waals surface area contributed by atoms with Crippen LogP contribution in [0, 0.1) is 5.82 Å². The molecule has 2 atom stereocenters. The van der Waals surface area contributed by atoms with Gasteiger partial charge < -0.3 is 14.1 Å². The first kappa shape index (κ1) is 32.5. The van der Waals surface area contributed by atoms with Gasteiger partial charge in [0.1, 0.15) is 16.1 Å². The summed E-state index contributed by atoms with van der Waals surface area (Å²) in [6, 6.07) is 1.63. The van der Waals surface area contributed by atoms with Crippen molar-refractivity contribution in [2.75, 3.05) is 19.4 Å². The number of hydrogen-bond acceptors (Lipinski definition) is 6. The highest BCUT2D eigenvalue weighted by Gasteiger charge is 2.39. The zero-order valence-corrected chi connectivity index (χ0v) is 29.6. The number of piperidine rings is 1. The largest absolute Gasteiger partial charge is 0.444 e. The van der Waals surface area contributed by atoms with Crippen molar-refractivity contribution in [2.24, 2.45) is 0 Å². The number of ether oxygens (including phenoxy) is 1. The van der Waals surface area contributed by atoms with Crippen molar-refractivity contribution in [3.63, 3.8) is 0 Å². The molecule has 1 aliphatic rings. The molecule has 7 nitrogen and oxygen atoms in total. The molecule has 1 aliphatic heterocycles. The maximum absolute atomic E-state index is 15.3.